The Hall–Kier alpha value is -1.36. The molecule has 0 radical (unpaired) electrons. The molecule has 1 amide bonds. The molecule has 0 aliphatic rings. The predicted octanol–water partition coefficient (Wildman–Crippen LogP) is 2.80. The molecule has 0 spiro atoms. The minimum absolute atomic E-state index is 0.00609. The van der Waals surface area contributed by atoms with E-state index in [1.54, 1.807) is 25.3 Å². The number of benzene rings is 1. The summed E-state index contributed by atoms with van der Waals surface area (Å²) in [6.45, 7) is 5.51. The number of carbonyl (C=O) groups is 2. The topological polar surface area (TPSA) is 55.4 Å². The Balaban J connectivity index is 2.69. The average molecular weight is 328 g/mol. The van der Waals surface area contributed by atoms with Gasteiger partial charge in [-0.15, -0.1) is 0 Å². The van der Waals surface area contributed by atoms with Crippen molar-refractivity contribution in [2.24, 2.45) is 5.41 Å². The fourth-order valence-electron chi connectivity index (χ4n) is 1.34. The first kappa shape index (κ1) is 15.7. The number of hydrogen-bond acceptors (Lipinski definition) is 3. The molecule has 0 aromatic heterocycles. The second-order valence-corrected chi connectivity index (χ2v) is 6.06. The number of carbonyl (C=O) groups excluding carboxylic acids is 2. The summed E-state index contributed by atoms with van der Waals surface area (Å²) in [6, 6.07) is 5.01. The van der Waals surface area contributed by atoms with Crippen molar-refractivity contribution in [2.45, 2.75) is 20.8 Å². The molecule has 0 atom stereocenters. The van der Waals surface area contributed by atoms with Gasteiger partial charge in [-0.2, -0.15) is 0 Å². The van der Waals surface area contributed by atoms with Gasteiger partial charge in [0.25, 0.3) is 5.91 Å². The summed E-state index contributed by atoms with van der Waals surface area (Å²) in [6.07, 6.45) is 0. The highest BCUT2D eigenvalue weighted by molar-refractivity contribution is 9.10. The van der Waals surface area contributed by atoms with Crippen LogP contribution in [0.2, 0.25) is 0 Å². The monoisotopic (exact) mass is 327 g/mol. The molecular formula is C14H18BrNO3. The predicted molar refractivity (Wildman–Crippen MR) is 77.5 cm³/mol. The van der Waals surface area contributed by atoms with Crippen molar-refractivity contribution in [2.75, 3.05) is 13.7 Å². The molecule has 0 unspecified atom stereocenters. The van der Waals surface area contributed by atoms with Gasteiger partial charge in [0.1, 0.15) is 5.75 Å². The lowest BCUT2D eigenvalue weighted by molar-refractivity contribution is -0.125. The standard InChI is InChI=1S/C14H18BrNO3/c1-14(2,3)12(17)8-16-13(18)9-5-6-11(19-4)10(15)7-9/h5-7H,8H2,1-4H3,(H,16,18). The summed E-state index contributed by atoms with van der Waals surface area (Å²) in [5.74, 6) is 0.372. The fraction of sp³-hybridized carbons (Fsp3) is 0.429. The number of nitrogens with one attached hydrogen (secondary N) is 1. The number of rotatable bonds is 4. The number of amides is 1. The lowest BCUT2D eigenvalue weighted by Gasteiger charge is -2.16. The molecule has 0 saturated carbocycles. The van der Waals surface area contributed by atoms with Gasteiger partial charge in [0.2, 0.25) is 0 Å². The maximum atomic E-state index is 11.9. The highest BCUT2D eigenvalue weighted by Gasteiger charge is 2.21. The molecule has 1 aromatic carbocycles. The normalized spacial score (nSPS) is 11.0. The summed E-state index contributed by atoms with van der Waals surface area (Å²) in [5, 5.41) is 2.62. The zero-order valence-corrected chi connectivity index (χ0v) is 13.1. The van der Waals surface area contributed by atoms with Crippen molar-refractivity contribution in [1.29, 1.82) is 0 Å². The van der Waals surface area contributed by atoms with Crippen LogP contribution < -0.4 is 10.1 Å². The van der Waals surface area contributed by atoms with Gasteiger partial charge in [-0.3, -0.25) is 9.59 Å². The SMILES string of the molecule is COc1ccc(C(=O)NCC(=O)C(C)(C)C)cc1Br. The van der Waals surface area contributed by atoms with E-state index in [4.69, 9.17) is 4.74 Å². The fourth-order valence-corrected chi connectivity index (χ4v) is 1.88. The van der Waals surface area contributed by atoms with Crippen LogP contribution in [0.4, 0.5) is 0 Å². The molecule has 0 bridgehead atoms. The third-order valence-corrected chi connectivity index (χ3v) is 3.28. The van der Waals surface area contributed by atoms with Crippen molar-refractivity contribution in [3.05, 3.63) is 28.2 Å². The van der Waals surface area contributed by atoms with Gasteiger partial charge in [-0.05, 0) is 34.1 Å². The molecule has 0 heterocycles. The summed E-state index contributed by atoms with van der Waals surface area (Å²) in [5.41, 5.74) is 0.0303. The first-order valence-corrected chi connectivity index (χ1v) is 6.70. The summed E-state index contributed by atoms with van der Waals surface area (Å²) < 4.78 is 5.79. The van der Waals surface area contributed by atoms with Gasteiger partial charge in [0.15, 0.2) is 5.78 Å². The Morgan fingerprint density at radius 1 is 1.32 bits per heavy atom. The first-order valence-electron chi connectivity index (χ1n) is 5.90. The lowest BCUT2D eigenvalue weighted by Crippen LogP contribution is -2.35. The largest absolute Gasteiger partial charge is 0.496 e. The highest BCUT2D eigenvalue weighted by Crippen LogP contribution is 2.25. The summed E-state index contributed by atoms with van der Waals surface area (Å²) in [7, 11) is 1.56. The zero-order chi connectivity index (χ0) is 14.6. The Labute approximate surface area is 121 Å². The van der Waals surface area contributed by atoms with Gasteiger partial charge in [-0.25, -0.2) is 0 Å². The van der Waals surface area contributed by atoms with E-state index in [0.717, 1.165) is 0 Å². The van der Waals surface area contributed by atoms with Crippen LogP contribution in [0.5, 0.6) is 5.75 Å². The van der Waals surface area contributed by atoms with E-state index >= 15 is 0 Å². The van der Waals surface area contributed by atoms with Crippen molar-refractivity contribution < 1.29 is 14.3 Å². The number of ether oxygens (including phenoxy) is 1. The average Bonchev–Trinajstić information content (AvgIpc) is 2.34. The van der Waals surface area contributed by atoms with Crippen LogP contribution in [0.3, 0.4) is 0 Å². The summed E-state index contributed by atoms with van der Waals surface area (Å²) >= 11 is 3.32. The smallest absolute Gasteiger partial charge is 0.251 e. The van der Waals surface area contributed by atoms with Crippen molar-refractivity contribution in [3.63, 3.8) is 0 Å². The molecule has 104 valence electrons. The number of halogens is 1. The van der Waals surface area contributed by atoms with Gasteiger partial charge in [-0.1, -0.05) is 20.8 Å². The van der Waals surface area contributed by atoms with E-state index < -0.39 is 5.41 Å². The molecule has 19 heavy (non-hydrogen) atoms. The number of ketones is 1. The van der Waals surface area contributed by atoms with Crippen LogP contribution in [-0.2, 0) is 4.79 Å². The molecule has 1 rings (SSSR count). The summed E-state index contributed by atoms with van der Waals surface area (Å²) in [4.78, 5) is 23.6. The first-order chi connectivity index (χ1) is 8.75. The van der Waals surface area contributed by atoms with E-state index in [2.05, 4.69) is 21.2 Å². The van der Waals surface area contributed by atoms with E-state index in [9.17, 15) is 9.59 Å². The quantitative estimate of drug-likeness (QED) is 0.925. The van der Waals surface area contributed by atoms with Crippen molar-refractivity contribution >= 4 is 27.6 Å². The van der Waals surface area contributed by atoms with Crippen LogP contribution in [0.25, 0.3) is 0 Å². The van der Waals surface area contributed by atoms with E-state index in [1.165, 1.54) is 0 Å². The Kier molecular flexibility index (Phi) is 5.11. The highest BCUT2D eigenvalue weighted by atomic mass is 79.9. The third kappa shape index (κ3) is 4.35. The second kappa shape index (κ2) is 6.19. The Morgan fingerprint density at radius 3 is 2.42 bits per heavy atom. The van der Waals surface area contributed by atoms with E-state index in [1.807, 2.05) is 20.8 Å². The molecule has 0 aliphatic heterocycles. The molecule has 5 heteroatoms. The van der Waals surface area contributed by atoms with Crippen molar-refractivity contribution in [3.8, 4) is 5.75 Å². The van der Waals surface area contributed by atoms with Gasteiger partial charge >= 0.3 is 0 Å². The molecule has 1 N–H and O–H groups in total. The van der Waals surface area contributed by atoms with Crippen LogP contribution >= 0.6 is 15.9 Å². The van der Waals surface area contributed by atoms with E-state index in [-0.39, 0.29) is 18.2 Å². The van der Waals surface area contributed by atoms with Gasteiger partial charge in [0, 0.05) is 11.0 Å². The Morgan fingerprint density at radius 2 is 1.95 bits per heavy atom. The minimum Gasteiger partial charge on any atom is -0.496 e. The Bertz CT molecular complexity index is 492. The van der Waals surface area contributed by atoms with Crippen LogP contribution in [-0.4, -0.2) is 25.3 Å². The van der Waals surface area contributed by atoms with Crippen molar-refractivity contribution in [1.82, 2.24) is 5.32 Å². The van der Waals surface area contributed by atoms with Gasteiger partial charge < -0.3 is 10.1 Å². The molecular weight excluding hydrogens is 310 g/mol. The lowest BCUT2D eigenvalue weighted by atomic mass is 9.91. The van der Waals surface area contributed by atoms with E-state index in [0.29, 0.717) is 15.8 Å². The van der Waals surface area contributed by atoms with Gasteiger partial charge in [0.05, 0.1) is 18.1 Å². The zero-order valence-electron chi connectivity index (χ0n) is 11.5. The maximum absolute atomic E-state index is 11.9. The number of methoxy groups -OCH3 is 1. The van der Waals surface area contributed by atoms with Crippen LogP contribution in [0.15, 0.2) is 22.7 Å². The molecule has 0 saturated heterocycles. The van der Waals surface area contributed by atoms with Crippen LogP contribution in [0, 0.1) is 5.41 Å². The molecule has 0 aliphatic carbocycles. The maximum Gasteiger partial charge on any atom is 0.251 e. The molecule has 1 aromatic rings. The molecule has 4 nitrogen and oxygen atoms in total. The third-order valence-electron chi connectivity index (χ3n) is 2.66. The molecule has 0 fully saturated rings. The number of hydrogen-bond donors (Lipinski definition) is 1. The number of Topliss-reactive ketones (excluding diaryl/α,β-unsaturated/α-hetero) is 1. The van der Waals surface area contributed by atoms with Crippen LogP contribution in [0.1, 0.15) is 31.1 Å². The minimum atomic E-state index is -0.451. The second-order valence-electron chi connectivity index (χ2n) is 5.21.